The molecule has 9 heteroatoms. The van der Waals surface area contributed by atoms with Crippen molar-refractivity contribution in [3.05, 3.63) is 92.3 Å². The van der Waals surface area contributed by atoms with Crippen LogP contribution < -0.4 is 10.1 Å². The molecular weight excluding hydrogens is 492 g/mol. The van der Waals surface area contributed by atoms with E-state index in [9.17, 15) is 19.7 Å². The van der Waals surface area contributed by atoms with E-state index in [4.69, 9.17) is 9.47 Å². The van der Waals surface area contributed by atoms with Crippen molar-refractivity contribution in [1.29, 1.82) is 0 Å². The molecule has 1 aliphatic carbocycles. The number of carbonyl (C=O) groups is 2. The molecule has 0 saturated heterocycles. The minimum Gasteiger partial charge on any atom is -0.497 e. The highest BCUT2D eigenvalue weighted by atomic mass is 32.2. The molecule has 0 saturated carbocycles. The van der Waals surface area contributed by atoms with E-state index in [1.54, 1.807) is 37.9 Å². The van der Waals surface area contributed by atoms with Crippen molar-refractivity contribution in [3.8, 4) is 5.75 Å². The predicted octanol–water partition coefficient (Wildman–Crippen LogP) is 5.26. The Hall–Kier alpha value is -3.59. The maximum atomic E-state index is 13.7. The lowest BCUT2D eigenvalue weighted by Gasteiger charge is -2.36. The Kier molecular flexibility index (Phi) is 8.33. The molecule has 37 heavy (non-hydrogen) atoms. The van der Waals surface area contributed by atoms with Gasteiger partial charge in [-0.05, 0) is 48.3 Å². The number of methoxy groups -OCH3 is 1. The summed E-state index contributed by atoms with van der Waals surface area (Å²) in [6.45, 7) is 4.11. The number of dihydropyridines is 1. The number of hydrogen-bond acceptors (Lipinski definition) is 8. The van der Waals surface area contributed by atoms with Crippen molar-refractivity contribution in [2.75, 3.05) is 25.2 Å². The molecule has 0 radical (unpaired) electrons. The van der Waals surface area contributed by atoms with Crippen molar-refractivity contribution in [2.45, 2.75) is 38.5 Å². The largest absolute Gasteiger partial charge is 0.497 e. The van der Waals surface area contributed by atoms with Crippen LogP contribution in [0.2, 0.25) is 0 Å². The van der Waals surface area contributed by atoms with Gasteiger partial charge in [0.1, 0.15) is 12.4 Å². The van der Waals surface area contributed by atoms with E-state index < -0.39 is 16.8 Å². The van der Waals surface area contributed by atoms with E-state index in [0.29, 0.717) is 41.0 Å². The number of ether oxygens (including phenoxy) is 2. The number of allylic oxidation sites excluding steroid dienone is 3. The summed E-state index contributed by atoms with van der Waals surface area (Å²) in [5.74, 6) is 1.13. The van der Waals surface area contributed by atoms with Crippen LogP contribution in [-0.2, 0) is 14.3 Å². The van der Waals surface area contributed by atoms with Gasteiger partial charge in [0.2, 0.25) is 0 Å². The average Bonchev–Trinajstić information content (AvgIpc) is 2.90. The molecule has 2 aromatic rings. The first-order valence-corrected chi connectivity index (χ1v) is 13.4. The lowest BCUT2D eigenvalue weighted by atomic mass is 9.71. The highest BCUT2D eigenvalue weighted by Crippen LogP contribution is 2.46. The van der Waals surface area contributed by atoms with Gasteiger partial charge in [0.15, 0.2) is 5.78 Å². The van der Waals surface area contributed by atoms with Crippen LogP contribution in [0.3, 0.4) is 0 Å². The van der Waals surface area contributed by atoms with Crippen molar-refractivity contribution in [1.82, 2.24) is 5.32 Å². The number of rotatable bonds is 9. The van der Waals surface area contributed by atoms with Crippen LogP contribution in [0.1, 0.15) is 49.7 Å². The predicted molar refractivity (Wildman–Crippen MR) is 143 cm³/mol. The normalized spacial score (nSPS) is 19.3. The Labute approximate surface area is 220 Å². The summed E-state index contributed by atoms with van der Waals surface area (Å²) in [4.78, 5) is 37.7. The second-order valence-corrected chi connectivity index (χ2v) is 10.4. The molecular formula is C28H30N2O6S. The third-order valence-corrected chi connectivity index (χ3v) is 7.60. The number of esters is 1. The number of ketones is 1. The summed E-state index contributed by atoms with van der Waals surface area (Å²) in [5.41, 5.74) is 3.92. The minimum absolute atomic E-state index is 0.0189. The first kappa shape index (κ1) is 26.5. The van der Waals surface area contributed by atoms with Gasteiger partial charge in [0.25, 0.3) is 5.69 Å². The van der Waals surface area contributed by atoms with Gasteiger partial charge in [-0.25, -0.2) is 4.79 Å². The number of carbonyl (C=O) groups excluding carboxylic acids is 2. The minimum atomic E-state index is -0.660. The summed E-state index contributed by atoms with van der Waals surface area (Å²) in [6, 6.07) is 13.8. The molecule has 0 bridgehead atoms. The Bertz CT molecular complexity index is 1250. The second-order valence-electron chi connectivity index (χ2n) is 8.97. The molecule has 0 amide bonds. The van der Waals surface area contributed by atoms with Crippen LogP contribution in [0, 0.1) is 10.1 Å². The number of nitro benzene ring substituents is 1. The van der Waals surface area contributed by atoms with E-state index in [-0.39, 0.29) is 24.0 Å². The van der Waals surface area contributed by atoms with Gasteiger partial charge in [0.05, 0.1) is 17.6 Å². The van der Waals surface area contributed by atoms with E-state index in [1.807, 2.05) is 31.2 Å². The van der Waals surface area contributed by atoms with E-state index in [0.717, 1.165) is 22.8 Å². The first-order chi connectivity index (χ1) is 17.8. The Balaban J connectivity index is 1.71. The second kappa shape index (κ2) is 11.6. The van der Waals surface area contributed by atoms with Crippen molar-refractivity contribution < 1.29 is 24.0 Å². The summed E-state index contributed by atoms with van der Waals surface area (Å²) < 4.78 is 10.8. The molecule has 1 heterocycles. The summed E-state index contributed by atoms with van der Waals surface area (Å²) in [7, 11) is 1.61. The molecule has 1 aliphatic heterocycles. The van der Waals surface area contributed by atoms with E-state index in [1.165, 1.54) is 12.1 Å². The van der Waals surface area contributed by atoms with Gasteiger partial charge in [0, 0.05) is 47.2 Å². The monoisotopic (exact) mass is 522 g/mol. The van der Waals surface area contributed by atoms with Crippen LogP contribution in [0.4, 0.5) is 5.69 Å². The topological polar surface area (TPSA) is 108 Å². The third-order valence-electron chi connectivity index (χ3n) is 6.74. The lowest BCUT2D eigenvalue weighted by molar-refractivity contribution is -0.384. The summed E-state index contributed by atoms with van der Waals surface area (Å²) in [6.07, 6.45) is 0.897. The molecule has 1 N–H and O–H groups in total. The maximum absolute atomic E-state index is 13.7. The van der Waals surface area contributed by atoms with Gasteiger partial charge >= 0.3 is 5.97 Å². The van der Waals surface area contributed by atoms with Crippen molar-refractivity contribution in [2.24, 2.45) is 0 Å². The quantitative estimate of drug-likeness (QED) is 0.206. The smallest absolute Gasteiger partial charge is 0.336 e. The molecule has 0 unspecified atom stereocenters. The highest BCUT2D eigenvalue weighted by molar-refractivity contribution is 7.99. The zero-order chi connectivity index (χ0) is 26.5. The standard InChI is InChI=1S/C28H30N2O6S/c1-4-37-14-13-36-28(32)25-17(2)29-23-15-20(18-7-11-22(35-3)12-8-18)16-24(31)27(23)26(25)19-5-9-21(10-6-19)30(33)34/h5-12,20,26,29H,4,13-16H2,1-3H3/t20-,26+/m0/s1. The number of Topliss-reactive ketones (excluding diaryl/α,β-unsaturated/α-hetero) is 1. The molecule has 0 aromatic heterocycles. The van der Waals surface area contributed by atoms with Crippen LogP contribution in [0.15, 0.2) is 71.1 Å². The van der Waals surface area contributed by atoms with Gasteiger partial charge in [-0.2, -0.15) is 11.8 Å². The van der Waals surface area contributed by atoms with Crippen LogP contribution in [-0.4, -0.2) is 41.9 Å². The number of nitro groups is 1. The van der Waals surface area contributed by atoms with Gasteiger partial charge in [-0.15, -0.1) is 0 Å². The van der Waals surface area contributed by atoms with Crippen LogP contribution >= 0.6 is 11.8 Å². The number of nitrogens with one attached hydrogen (secondary N) is 1. The SMILES string of the molecule is CCSCCOC(=O)C1=C(C)NC2=C(C(=O)C[C@@H](c3ccc(OC)cc3)C2)[C@@H]1c1ccc([N+](=O)[O-])cc1. The lowest BCUT2D eigenvalue weighted by Crippen LogP contribution is -2.36. The van der Waals surface area contributed by atoms with E-state index in [2.05, 4.69) is 5.32 Å². The molecule has 0 fully saturated rings. The fraction of sp³-hybridized carbons (Fsp3) is 0.357. The molecule has 4 rings (SSSR count). The van der Waals surface area contributed by atoms with Crippen LogP contribution in [0.5, 0.6) is 5.75 Å². The molecule has 2 atom stereocenters. The van der Waals surface area contributed by atoms with Gasteiger partial charge < -0.3 is 14.8 Å². The fourth-order valence-corrected chi connectivity index (χ4v) is 5.45. The van der Waals surface area contributed by atoms with E-state index >= 15 is 0 Å². The summed E-state index contributed by atoms with van der Waals surface area (Å²) in [5, 5.41) is 14.5. The Morgan fingerprint density at radius 3 is 2.41 bits per heavy atom. The maximum Gasteiger partial charge on any atom is 0.336 e. The highest BCUT2D eigenvalue weighted by Gasteiger charge is 2.41. The number of thioether (sulfide) groups is 1. The number of non-ortho nitro benzene ring substituents is 1. The number of nitrogens with zero attached hydrogens (tertiary/aromatic N) is 1. The van der Waals surface area contributed by atoms with Gasteiger partial charge in [-0.1, -0.05) is 31.2 Å². The van der Waals surface area contributed by atoms with Crippen molar-refractivity contribution in [3.63, 3.8) is 0 Å². The third kappa shape index (κ3) is 5.72. The fourth-order valence-electron chi connectivity index (χ4n) is 4.96. The molecule has 2 aliphatic rings. The number of benzene rings is 2. The number of hydrogen-bond donors (Lipinski definition) is 1. The van der Waals surface area contributed by atoms with Gasteiger partial charge in [-0.3, -0.25) is 14.9 Å². The van der Waals surface area contributed by atoms with Crippen molar-refractivity contribution >= 4 is 29.2 Å². The summed E-state index contributed by atoms with van der Waals surface area (Å²) >= 11 is 1.67. The zero-order valence-corrected chi connectivity index (χ0v) is 21.9. The average molecular weight is 523 g/mol. The Morgan fingerprint density at radius 1 is 1.11 bits per heavy atom. The van der Waals surface area contributed by atoms with Crippen LogP contribution in [0.25, 0.3) is 0 Å². The zero-order valence-electron chi connectivity index (χ0n) is 21.1. The first-order valence-electron chi connectivity index (χ1n) is 12.2. The molecule has 194 valence electrons. The molecule has 2 aromatic carbocycles. The molecule has 8 nitrogen and oxygen atoms in total. The molecule has 0 spiro atoms. The Morgan fingerprint density at radius 2 is 1.78 bits per heavy atom.